The van der Waals surface area contributed by atoms with E-state index in [4.69, 9.17) is 4.99 Å². The molecule has 0 aliphatic carbocycles. The molecule has 4 rings (SSSR count). The maximum absolute atomic E-state index is 13.2. The molecule has 6 nitrogen and oxygen atoms in total. The van der Waals surface area contributed by atoms with Crippen molar-refractivity contribution in [2.75, 3.05) is 17.3 Å². The van der Waals surface area contributed by atoms with Gasteiger partial charge in [-0.2, -0.15) is 0 Å². The van der Waals surface area contributed by atoms with E-state index in [2.05, 4.69) is 24.5 Å². The van der Waals surface area contributed by atoms with Gasteiger partial charge in [-0.25, -0.2) is 9.79 Å². The van der Waals surface area contributed by atoms with Gasteiger partial charge in [-0.3, -0.25) is 4.79 Å². The summed E-state index contributed by atoms with van der Waals surface area (Å²) in [5.74, 6) is 0.0955. The van der Waals surface area contributed by atoms with Crippen LogP contribution < -0.4 is 15.5 Å². The van der Waals surface area contributed by atoms with Crippen LogP contribution in [0.1, 0.15) is 36.5 Å². The number of amides is 3. The van der Waals surface area contributed by atoms with Crippen molar-refractivity contribution < 1.29 is 9.59 Å². The molecule has 2 N–H and O–H groups in total. The normalized spacial score (nSPS) is 15.6. The molecule has 0 saturated carbocycles. The second kappa shape index (κ2) is 9.06. The SMILES string of the molecule is CC(C)c1ccc(NC(=O)N[C@@H]2N=C(c3ccccc3)c3ccccc3N(C)C2=O)cc1. The lowest BCUT2D eigenvalue weighted by atomic mass is 10.0. The highest BCUT2D eigenvalue weighted by Gasteiger charge is 2.30. The molecule has 3 amide bonds. The summed E-state index contributed by atoms with van der Waals surface area (Å²) in [7, 11) is 1.70. The molecular weight excluding hydrogens is 400 g/mol. The molecule has 32 heavy (non-hydrogen) atoms. The maximum Gasteiger partial charge on any atom is 0.321 e. The zero-order chi connectivity index (χ0) is 22.7. The number of nitrogens with one attached hydrogen (secondary N) is 2. The number of carbonyl (C=O) groups is 2. The van der Waals surface area contributed by atoms with Crippen molar-refractivity contribution in [3.05, 3.63) is 95.6 Å². The molecule has 0 saturated heterocycles. The van der Waals surface area contributed by atoms with E-state index >= 15 is 0 Å². The highest BCUT2D eigenvalue weighted by Crippen LogP contribution is 2.27. The number of fused-ring (bicyclic) bond motifs is 1. The topological polar surface area (TPSA) is 73.8 Å². The van der Waals surface area contributed by atoms with Crippen molar-refractivity contribution in [1.82, 2.24) is 5.32 Å². The largest absolute Gasteiger partial charge is 0.321 e. The average molecular weight is 427 g/mol. The number of likely N-dealkylation sites (N-methyl/N-ethyl adjacent to an activating group) is 1. The lowest BCUT2D eigenvalue weighted by Crippen LogP contribution is -2.47. The predicted octanol–water partition coefficient (Wildman–Crippen LogP) is 4.77. The molecule has 0 spiro atoms. The fourth-order valence-corrected chi connectivity index (χ4v) is 3.69. The van der Waals surface area contributed by atoms with E-state index in [0.717, 1.165) is 16.8 Å². The molecule has 1 heterocycles. The third-order valence-electron chi connectivity index (χ3n) is 5.49. The van der Waals surface area contributed by atoms with Crippen LogP contribution in [-0.4, -0.2) is 30.9 Å². The molecular formula is C26H26N4O2. The Morgan fingerprint density at radius 1 is 0.938 bits per heavy atom. The first kappa shape index (κ1) is 21.3. The Balaban J connectivity index is 1.63. The van der Waals surface area contributed by atoms with E-state index in [9.17, 15) is 9.59 Å². The van der Waals surface area contributed by atoms with Crippen LogP contribution in [0.4, 0.5) is 16.2 Å². The summed E-state index contributed by atoms with van der Waals surface area (Å²) in [6.07, 6.45) is -1.06. The Kier molecular flexibility index (Phi) is 6.03. The fourth-order valence-electron chi connectivity index (χ4n) is 3.69. The van der Waals surface area contributed by atoms with Gasteiger partial charge in [0.15, 0.2) is 0 Å². The van der Waals surface area contributed by atoms with Crippen LogP contribution in [-0.2, 0) is 4.79 Å². The highest BCUT2D eigenvalue weighted by atomic mass is 16.2. The van der Waals surface area contributed by atoms with Crippen LogP contribution in [0.2, 0.25) is 0 Å². The Bertz CT molecular complexity index is 1150. The molecule has 0 unspecified atom stereocenters. The minimum Gasteiger partial charge on any atom is -0.311 e. The van der Waals surface area contributed by atoms with Gasteiger partial charge < -0.3 is 15.5 Å². The minimum atomic E-state index is -1.06. The second-order valence-corrected chi connectivity index (χ2v) is 8.04. The maximum atomic E-state index is 13.2. The molecule has 3 aromatic rings. The van der Waals surface area contributed by atoms with Crippen molar-refractivity contribution in [2.24, 2.45) is 4.99 Å². The van der Waals surface area contributed by atoms with E-state index in [1.807, 2.05) is 78.9 Å². The second-order valence-electron chi connectivity index (χ2n) is 8.04. The summed E-state index contributed by atoms with van der Waals surface area (Å²) in [6.45, 7) is 4.23. The third kappa shape index (κ3) is 4.39. The van der Waals surface area contributed by atoms with Gasteiger partial charge in [-0.15, -0.1) is 0 Å². The lowest BCUT2D eigenvalue weighted by molar-refractivity contribution is -0.119. The number of benzene rings is 3. The molecule has 1 aliphatic rings. The summed E-state index contributed by atoms with van der Waals surface area (Å²) in [4.78, 5) is 32.1. The number of para-hydroxylation sites is 1. The van der Waals surface area contributed by atoms with Crippen LogP contribution in [0, 0.1) is 0 Å². The number of hydrogen-bond acceptors (Lipinski definition) is 3. The zero-order valence-electron chi connectivity index (χ0n) is 18.4. The van der Waals surface area contributed by atoms with Crippen LogP contribution in [0.5, 0.6) is 0 Å². The molecule has 3 aromatic carbocycles. The molecule has 0 bridgehead atoms. The number of hydrogen-bond donors (Lipinski definition) is 2. The van der Waals surface area contributed by atoms with Crippen molar-refractivity contribution in [3.63, 3.8) is 0 Å². The smallest absolute Gasteiger partial charge is 0.311 e. The molecule has 0 radical (unpaired) electrons. The van der Waals surface area contributed by atoms with Gasteiger partial charge >= 0.3 is 6.03 Å². The van der Waals surface area contributed by atoms with Crippen molar-refractivity contribution in [1.29, 1.82) is 0 Å². The zero-order valence-corrected chi connectivity index (χ0v) is 18.4. The monoisotopic (exact) mass is 426 g/mol. The standard InChI is InChI=1S/C26H26N4O2/c1-17(2)18-13-15-20(16-14-18)27-26(32)29-24-25(31)30(3)22-12-8-7-11-21(22)23(28-24)19-9-5-4-6-10-19/h4-17,24H,1-3H3,(H2,27,29,32)/t24-/m0/s1. The van der Waals surface area contributed by atoms with E-state index in [1.54, 1.807) is 7.05 Å². The number of rotatable bonds is 4. The summed E-state index contributed by atoms with van der Waals surface area (Å²) in [6, 6.07) is 24.4. The van der Waals surface area contributed by atoms with E-state index in [-0.39, 0.29) is 5.91 Å². The molecule has 1 atom stereocenters. The summed E-state index contributed by atoms with van der Waals surface area (Å²) in [5, 5.41) is 5.53. The van der Waals surface area contributed by atoms with Gasteiger partial charge in [0, 0.05) is 23.9 Å². The van der Waals surface area contributed by atoms with E-state index < -0.39 is 12.2 Å². The number of urea groups is 1. The fraction of sp³-hybridized carbons (Fsp3) is 0.192. The van der Waals surface area contributed by atoms with Crippen LogP contribution in [0.25, 0.3) is 0 Å². The Morgan fingerprint density at radius 3 is 2.28 bits per heavy atom. The first-order valence-corrected chi connectivity index (χ1v) is 10.6. The number of nitrogens with zero attached hydrogens (tertiary/aromatic N) is 2. The molecule has 1 aliphatic heterocycles. The highest BCUT2D eigenvalue weighted by molar-refractivity contribution is 6.20. The minimum absolute atomic E-state index is 0.311. The number of anilines is 2. The summed E-state index contributed by atoms with van der Waals surface area (Å²) in [5.41, 5.74) is 4.95. The van der Waals surface area contributed by atoms with Gasteiger partial charge in [0.2, 0.25) is 6.17 Å². The quantitative estimate of drug-likeness (QED) is 0.631. The van der Waals surface area contributed by atoms with Crippen molar-refractivity contribution >= 4 is 29.0 Å². The molecule has 0 fully saturated rings. The Labute approximate surface area is 188 Å². The van der Waals surface area contributed by atoms with Gasteiger partial charge in [-0.05, 0) is 29.7 Å². The van der Waals surface area contributed by atoms with Crippen molar-refractivity contribution in [3.8, 4) is 0 Å². The van der Waals surface area contributed by atoms with Crippen LogP contribution in [0.3, 0.4) is 0 Å². The Hall–Kier alpha value is -3.93. The van der Waals surface area contributed by atoms with Gasteiger partial charge in [-0.1, -0.05) is 74.5 Å². The van der Waals surface area contributed by atoms with Crippen LogP contribution >= 0.6 is 0 Å². The number of carbonyl (C=O) groups excluding carboxylic acids is 2. The van der Waals surface area contributed by atoms with Gasteiger partial charge in [0.1, 0.15) is 0 Å². The summed E-state index contributed by atoms with van der Waals surface area (Å²) >= 11 is 0. The first-order valence-electron chi connectivity index (χ1n) is 10.6. The first-order chi connectivity index (χ1) is 15.4. The summed E-state index contributed by atoms with van der Waals surface area (Å²) < 4.78 is 0. The Morgan fingerprint density at radius 2 is 1.59 bits per heavy atom. The molecule has 162 valence electrons. The predicted molar refractivity (Wildman–Crippen MR) is 128 cm³/mol. The lowest BCUT2D eigenvalue weighted by Gasteiger charge is -2.21. The third-order valence-corrected chi connectivity index (χ3v) is 5.49. The number of aliphatic imine (C=N–C) groups is 1. The average Bonchev–Trinajstić information content (AvgIpc) is 2.91. The van der Waals surface area contributed by atoms with E-state index in [0.29, 0.717) is 17.3 Å². The van der Waals surface area contributed by atoms with Gasteiger partial charge in [0.05, 0.1) is 11.4 Å². The van der Waals surface area contributed by atoms with Crippen molar-refractivity contribution in [2.45, 2.75) is 25.9 Å². The number of benzodiazepines with no additional fused rings is 1. The van der Waals surface area contributed by atoms with Crippen LogP contribution in [0.15, 0.2) is 83.9 Å². The van der Waals surface area contributed by atoms with E-state index in [1.165, 1.54) is 10.5 Å². The van der Waals surface area contributed by atoms with Gasteiger partial charge in [0.25, 0.3) is 5.91 Å². The molecule has 6 heteroatoms. The molecule has 0 aromatic heterocycles.